The summed E-state index contributed by atoms with van der Waals surface area (Å²) in [6.45, 7) is 2.11. The molecule has 0 N–H and O–H groups in total. The van der Waals surface area contributed by atoms with Crippen LogP contribution in [0.25, 0.3) is 0 Å². The number of ether oxygens (including phenoxy) is 1. The van der Waals surface area contributed by atoms with E-state index in [2.05, 4.69) is 34.1 Å². The topological polar surface area (TPSA) is 42.4 Å². The van der Waals surface area contributed by atoms with Crippen LogP contribution in [0.5, 0.6) is 0 Å². The van der Waals surface area contributed by atoms with Crippen LogP contribution in [0, 0.1) is 0 Å². The molecule has 0 aliphatic rings. The highest BCUT2D eigenvalue weighted by Crippen LogP contribution is 2.16. The predicted molar refractivity (Wildman–Crippen MR) is 101 cm³/mol. The van der Waals surface area contributed by atoms with Gasteiger partial charge in [0.1, 0.15) is 0 Å². The highest BCUT2D eigenvalue weighted by atomic mass is 16.5. The molecule has 0 unspecified atom stereocenters. The lowest BCUT2D eigenvalue weighted by Crippen LogP contribution is -2.24. The summed E-state index contributed by atoms with van der Waals surface area (Å²) in [6, 6.07) is 24.1. The Hall–Kier alpha value is -2.98. The van der Waals surface area contributed by atoms with Gasteiger partial charge in [-0.1, -0.05) is 60.7 Å². The van der Waals surface area contributed by atoms with Crippen molar-refractivity contribution in [2.45, 2.75) is 19.6 Å². The number of esters is 1. The number of carbonyl (C=O) groups excluding carboxylic acids is 1. The van der Waals surface area contributed by atoms with E-state index >= 15 is 0 Å². The molecule has 0 spiro atoms. The van der Waals surface area contributed by atoms with E-state index in [4.69, 9.17) is 4.74 Å². The summed E-state index contributed by atoms with van der Waals surface area (Å²) in [5, 5.41) is 0. The van der Waals surface area contributed by atoms with Crippen molar-refractivity contribution in [2.75, 3.05) is 7.11 Å². The Labute approximate surface area is 154 Å². The molecule has 0 bridgehead atoms. The van der Waals surface area contributed by atoms with Crippen molar-refractivity contribution in [1.29, 1.82) is 0 Å². The molecule has 3 rings (SSSR count). The van der Waals surface area contributed by atoms with Crippen molar-refractivity contribution < 1.29 is 9.53 Å². The van der Waals surface area contributed by atoms with Crippen molar-refractivity contribution in [2.24, 2.45) is 0 Å². The summed E-state index contributed by atoms with van der Waals surface area (Å²) in [7, 11) is 1.39. The molecule has 2 aromatic carbocycles. The van der Waals surface area contributed by atoms with Crippen LogP contribution in [0.2, 0.25) is 0 Å². The largest absolute Gasteiger partial charge is 0.465 e. The maximum atomic E-state index is 12.1. The fraction of sp³-hybridized carbons (Fsp3) is 0.182. The molecule has 0 saturated heterocycles. The third kappa shape index (κ3) is 4.77. The number of pyridine rings is 1. The van der Waals surface area contributed by atoms with Crippen LogP contribution in [0.1, 0.15) is 27.2 Å². The maximum Gasteiger partial charge on any atom is 0.339 e. The molecule has 0 aliphatic carbocycles. The second-order valence-electron chi connectivity index (χ2n) is 6.11. The Morgan fingerprint density at radius 1 is 0.846 bits per heavy atom. The van der Waals surface area contributed by atoms with E-state index < -0.39 is 0 Å². The van der Waals surface area contributed by atoms with Crippen molar-refractivity contribution >= 4 is 5.97 Å². The molecule has 1 heterocycles. The number of carbonyl (C=O) groups is 1. The highest BCUT2D eigenvalue weighted by Gasteiger charge is 2.16. The summed E-state index contributed by atoms with van der Waals surface area (Å²) < 4.78 is 4.90. The van der Waals surface area contributed by atoms with Gasteiger partial charge in [-0.05, 0) is 23.3 Å². The predicted octanol–water partition coefficient (Wildman–Crippen LogP) is 4.07. The van der Waals surface area contributed by atoms with Gasteiger partial charge in [0.05, 0.1) is 18.4 Å². The van der Waals surface area contributed by atoms with Gasteiger partial charge in [0.15, 0.2) is 0 Å². The first-order valence-corrected chi connectivity index (χ1v) is 8.58. The average molecular weight is 346 g/mol. The van der Waals surface area contributed by atoms with Gasteiger partial charge >= 0.3 is 5.97 Å². The molecule has 0 fully saturated rings. The van der Waals surface area contributed by atoms with Gasteiger partial charge in [0.2, 0.25) is 0 Å². The zero-order valence-electron chi connectivity index (χ0n) is 14.8. The third-order valence-corrected chi connectivity index (χ3v) is 4.17. The molecule has 1 aromatic heterocycles. The monoisotopic (exact) mass is 346 g/mol. The molecule has 26 heavy (non-hydrogen) atoms. The van der Waals surface area contributed by atoms with Crippen LogP contribution >= 0.6 is 0 Å². The van der Waals surface area contributed by atoms with E-state index in [1.54, 1.807) is 18.3 Å². The highest BCUT2D eigenvalue weighted by molar-refractivity contribution is 5.90. The number of hydrogen-bond acceptors (Lipinski definition) is 4. The van der Waals surface area contributed by atoms with Gasteiger partial charge < -0.3 is 4.74 Å². The third-order valence-electron chi connectivity index (χ3n) is 4.17. The maximum absolute atomic E-state index is 12.1. The van der Waals surface area contributed by atoms with Gasteiger partial charge in [0, 0.05) is 25.8 Å². The number of aromatic nitrogens is 1. The molecule has 0 aliphatic heterocycles. The summed E-state index contributed by atoms with van der Waals surface area (Å²) >= 11 is 0. The Morgan fingerprint density at radius 2 is 1.42 bits per heavy atom. The molecular weight excluding hydrogens is 324 g/mol. The van der Waals surface area contributed by atoms with Gasteiger partial charge in [-0.15, -0.1) is 0 Å². The van der Waals surface area contributed by atoms with Crippen LogP contribution in [0.15, 0.2) is 79.0 Å². The molecule has 0 saturated carbocycles. The van der Waals surface area contributed by atoms with Crippen LogP contribution in [0.4, 0.5) is 0 Å². The van der Waals surface area contributed by atoms with Crippen molar-refractivity contribution in [3.05, 3.63) is 101 Å². The second-order valence-corrected chi connectivity index (χ2v) is 6.11. The molecule has 3 aromatic rings. The lowest BCUT2D eigenvalue weighted by molar-refractivity contribution is 0.0597. The fourth-order valence-electron chi connectivity index (χ4n) is 2.92. The van der Waals surface area contributed by atoms with Crippen LogP contribution in [-0.2, 0) is 24.4 Å². The van der Waals surface area contributed by atoms with Gasteiger partial charge in [-0.3, -0.25) is 9.88 Å². The van der Waals surface area contributed by atoms with Crippen molar-refractivity contribution in [1.82, 2.24) is 9.88 Å². The van der Waals surface area contributed by atoms with Crippen LogP contribution in [-0.4, -0.2) is 23.0 Å². The number of nitrogens with zero attached hydrogens (tertiary/aromatic N) is 2. The fourth-order valence-corrected chi connectivity index (χ4v) is 2.92. The van der Waals surface area contributed by atoms with Gasteiger partial charge in [0.25, 0.3) is 0 Å². The van der Waals surface area contributed by atoms with Crippen molar-refractivity contribution in [3.63, 3.8) is 0 Å². The summed E-state index contributed by atoms with van der Waals surface area (Å²) in [5.41, 5.74) is 3.69. The summed E-state index contributed by atoms with van der Waals surface area (Å²) in [5.74, 6) is -0.354. The van der Waals surface area contributed by atoms with E-state index in [9.17, 15) is 4.79 Å². The molecule has 132 valence electrons. The Morgan fingerprint density at radius 3 is 1.96 bits per heavy atom. The standard InChI is InChI=1S/C22H22N2O2/c1-26-22(25)20-13-8-14-23-21(20)17-24(15-18-9-4-2-5-10-18)16-19-11-6-3-7-12-19/h2-14H,15-17H2,1H3. The minimum absolute atomic E-state index is 0.354. The molecule has 0 amide bonds. The minimum atomic E-state index is -0.354. The molecule has 0 atom stereocenters. The average Bonchev–Trinajstić information content (AvgIpc) is 2.69. The molecule has 4 nitrogen and oxygen atoms in total. The first-order chi connectivity index (χ1) is 12.8. The van der Waals surface area contributed by atoms with E-state index in [0.717, 1.165) is 18.8 Å². The van der Waals surface area contributed by atoms with Crippen LogP contribution < -0.4 is 0 Å². The van der Waals surface area contributed by atoms with E-state index in [-0.39, 0.29) is 5.97 Å². The quantitative estimate of drug-likeness (QED) is 0.605. The van der Waals surface area contributed by atoms with Gasteiger partial charge in [-0.2, -0.15) is 0 Å². The number of hydrogen-bond donors (Lipinski definition) is 0. The van der Waals surface area contributed by atoms with Gasteiger partial charge in [-0.25, -0.2) is 4.79 Å². The molecule has 0 radical (unpaired) electrons. The van der Waals surface area contributed by atoms with E-state index in [0.29, 0.717) is 12.1 Å². The Bertz CT molecular complexity index is 794. The SMILES string of the molecule is COC(=O)c1cccnc1CN(Cc1ccccc1)Cc1ccccc1. The second kappa shape index (κ2) is 8.92. The lowest BCUT2D eigenvalue weighted by atomic mass is 10.1. The smallest absolute Gasteiger partial charge is 0.339 e. The lowest BCUT2D eigenvalue weighted by Gasteiger charge is -2.23. The first kappa shape index (κ1) is 17.8. The van der Waals surface area contributed by atoms with Crippen LogP contribution in [0.3, 0.4) is 0 Å². The zero-order valence-corrected chi connectivity index (χ0v) is 14.8. The van der Waals surface area contributed by atoms with E-state index in [1.807, 2.05) is 36.4 Å². The zero-order chi connectivity index (χ0) is 18.2. The van der Waals surface area contributed by atoms with E-state index in [1.165, 1.54) is 18.2 Å². The number of benzene rings is 2. The number of rotatable bonds is 7. The Kier molecular flexibility index (Phi) is 6.12. The first-order valence-electron chi connectivity index (χ1n) is 8.58. The van der Waals surface area contributed by atoms with Crippen molar-refractivity contribution in [3.8, 4) is 0 Å². The summed E-state index contributed by atoms with van der Waals surface area (Å²) in [6.07, 6.45) is 1.71. The summed E-state index contributed by atoms with van der Waals surface area (Å²) in [4.78, 5) is 18.8. The normalized spacial score (nSPS) is 10.7. The molecular formula is C22H22N2O2. The Balaban J connectivity index is 1.85. The minimum Gasteiger partial charge on any atom is -0.465 e. The number of methoxy groups -OCH3 is 1. The molecule has 4 heteroatoms.